The van der Waals surface area contributed by atoms with Gasteiger partial charge in [-0.3, -0.25) is 0 Å². The van der Waals surface area contributed by atoms with Crippen LogP contribution >= 0.6 is 0 Å². The molecule has 0 aromatic carbocycles. The molecule has 1 aliphatic rings. The van der Waals surface area contributed by atoms with Gasteiger partial charge in [-0.2, -0.15) is 0 Å². The normalized spacial score (nSPS) is 22.0. The van der Waals surface area contributed by atoms with E-state index < -0.39 is 5.60 Å². The lowest BCUT2D eigenvalue weighted by atomic mass is 9.83. The lowest BCUT2D eigenvalue weighted by Crippen LogP contribution is -2.42. The van der Waals surface area contributed by atoms with Crippen LogP contribution in [-0.4, -0.2) is 56.5 Å². The molecule has 5 nitrogen and oxygen atoms in total. The van der Waals surface area contributed by atoms with Crippen LogP contribution < -0.4 is 5.32 Å². The van der Waals surface area contributed by atoms with Gasteiger partial charge in [0.05, 0.1) is 6.61 Å². The molecule has 0 aliphatic heterocycles. The maximum Gasteiger partial charge on any atom is 0.410 e. The minimum atomic E-state index is -0.464. The van der Waals surface area contributed by atoms with Crippen molar-refractivity contribution in [2.45, 2.75) is 59.0 Å². The van der Waals surface area contributed by atoms with Gasteiger partial charge in [-0.25, -0.2) is 4.79 Å². The van der Waals surface area contributed by atoms with Crippen molar-refractivity contribution >= 4 is 6.09 Å². The van der Waals surface area contributed by atoms with E-state index in [1.54, 1.807) is 12.0 Å². The summed E-state index contributed by atoms with van der Waals surface area (Å²) in [5.74, 6) is 1.68. The van der Waals surface area contributed by atoms with Gasteiger partial charge in [0.2, 0.25) is 0 Å². The van der Waals surface area contributed by atoms with Crippen molar-refractivity contribution in [1.29, 1.82) is 0 Å². The van der Waals surface area contributed by atoms with Crippen LogP contribution in [0, 0.1) is 11.8 Å². The summed E-state index contributed by atoms with van der Waals surface area (Å²) >= 11 is 0. The molecule has 136 valence electrons. The third-order valence-corrected chi connectivity index (χ3v) is 4.34. The zero-order chi connectivity index (χ0) is 17.3. The highest BCUT2D eigenvalue weighted by Crippen LogP contribution is 2.27. The van der Waals surface area contributed by atoms with Gasteiger partial charge in [0.25, 0.3) is 0 Å². The van der Waals surface area contributed by atoms with Crippen molar-refractivity contribution in [1.82, 2.24) is 10.2 Å². The summed E-state index contributed by atoms with van der Waals surface area (Å²) in [5, 5.41) is 3.50. The summed E-state index contributed by atoms with van der Waals surface area (Å²) in [6.07, 6.45) is 5.10. The SMILES string of the molecule is COCCN(CCNCC1CCC(C)CC1)C(=O)OC(C)(C)C. The fourth-order valence-corrected chi connectivity index (χ4v) is 2.88. The third kappa shape index (κ3) is 9.16. The number of methoxy groups -OCH3 is 1. The van der Waals surface area contributed by atoms with E-state index in [4.69, 9.17) is 9.47 Å². The minimum absolute atomic E-state index is 0.261. The minimum Gasteiger partial charge on any atom is -0.444 e. The van der Waals surface area contributed by atoms with Crippen LogP contribution in [0.15, 0.2) is 0 Å². The van der Waals surface area contributed by atoms with Gasteiger partial charge in [0.15, 0.2) is 0 Å². The number of hydrogen-bond donors (Lipinski definition) is 1. The molecule has 0 spiro atoms. The zero-order valence-electron chi connectivity index (χ0n) is 15.7. The van der Waals surface area contributed by atoms with Crippen molar-refractivity contribution in [3.63, 3.8) is 0 Å². The van der Waals surface area contributed by atoms with Gasteiger partial charge in [0, 0.05) is 26.7 Å². The molecule has 1 saturated carbocycles. The monoisotopic (exact) mass is 328 g/mol. The molecule has 0 radical (unpaired) electrons. The molecular weight excluding hydrogens is 292 g/mol. The van der Waals surface area contributed by atoms with E-state index in [2.05, 4.69) is 12.2 Å². The van der Waals surface area contributed by atoms with Gasteiger partial charge in [-0.05, 0) is 52.0 Å². The summed E-state index contributed by atoms with van der Waals surface area (Å²) in [6, 6.07) is 0. The molecule has 0 aromatic rings. The molecule has 0 saturated heterocycles. The standard InChI is InChI=1S/C18H36N2O3/c1-15-6-8-16(9-7-15)14-19-10-11-20(12-13-22-5)17(21)23-18(2,3)4/h15-16,19H,6-14H2,1-5H3. The first-order valence-corrected chi connectivity index (χ1v) is 8.99. The molecule has 0 atom stereocenters. The van der Waals surface area contributed by atoms with E-state index in [0.717, 1.165) is 24.9 Å². The van der Waals surface area contributed by atoms with Crippen LogP contribution in [0.2, 0.25) is 0 Å². The van der Waals surface area contributed by atoms with E-state index in [0.29, 0.717) is 19.7 Å². The number of nitrogens with one attached hydrogen (secondary N) is 1. The van der Waals surface area contributed by atoms with E-state index in [1.165, 1.54) is 25.7 Å². The Hall–Kier alpha value is -0.810. The van der Waals surface area contributed by atoms with Gasteiger partial charge >= 0.3 is 6.09 Å². The van der Waals surface area contributed by atoms with Gasteiger partial charge in [0.1, 0.15) is 5.60 Å². The molecule has 0 aromatic heterocycles. The van der Waals surface area contributed by atoms with E-state index in [9.17, 15) is 4.79 Å². The summed E-state index contributed by atoms with van der Waals surface area (Å²) in [7, 11) is 1.65. The van der Waals surface area contributed by atoms with Crippen LogP contribution in [-0.2, 0) is 9.47 Å². The Labute approximate surface area is 142 Å². The quantitative estimate of drug-likeness (QED) is 0.695. The Morgan fingerprint density at radius 1 is 1.17 bits per heavy atom. The second kappa shape index (κ2) is 10.1. The number of amides is 1. The molecule has 1 rings (SSSR count). The fourth-order valence-electron chi connectivity index (χ4n) is 2.88. The first-order chi connectivity index (χ1) is 10.8. The van der Waals surface area contributed by atoms with E-state index >= 15 is 0 Å². The first kappa shape index (κ1) is 20.2. The second-order valence-electron chi connectivity index (χ2n) is 7.79. The largest absolute Gasteiger partial charge is 0.444 e. The molecule has 5 heteroatoms. The smallest absolute Gasteiger partial charge is 0.410 e. The fraction of sp³-hybridized carbons (Fsp3) is 0.944. The van der Waals surface area contributed by atoms with Crippen molar-refractivity contribution in [3.8, 4) is 0 Å². The predicted molar refractivity (Wildman–Crippen MR) is 93.7 cm³/mol. The summed E-state index contributed by atoms with van der Waals surface area (Å²) in [5.41, 5.74) is -0.464. The summed E-state index contributed by atoms with van der Waals surface area (Å²) in [4.78, 5) is 13.9. The van der Waals surface area contributed by atoms with Gasteiger partial charge < -0.3 is 19.7 Å². The first-order valence-electron chi connectivity index (χ1n) is 8.99. The van der Waals surface area contributed by atoms with Gasteiger partial charge in [-0.1, -0.05) is 19.8 Å². The zero-order valence-corrected chi connectivity index (χ0v) is 15.7. The highest BCUT2D eigenvalue weighted by Gasteiger charge is 2.22. The van der Waals surface area contributed by atoms with Gasteiger partial charge in [-0.15, -0.1) is 0 Å². The molecule has 1 N–H and O–H groups in total. The average molecular weight is 328 g/mol. The van der Waals surface area contributed by atoms with E-state index in [1.807, 2.05) is 20.8 Å². The number of carbonyl (C=O) groups is 1. The Bertz CT molecular complexity index is 334. The lowest BCUT2D eigenvalue weighted by molar-refractivity contribution is 0.0203. The Kier molecular flexibility index (Phi) is 8.92. The maximum absolute atomic E-state index is 12.2. The molecule has 1 aliphatic carbocycles. The average Bonchev–Trinajstić information content (AvgIpc) is 2.46. The van der Waals surface area contributed by atoms with Crippen molar-refractivity contribution < 1.29 is 14.3 Å². The van der Waals surface area contributed by atoms with E-state index in [-0.39, 0.29) is 6.09 Å². The topological polar surface area (TPSA) is 50.8 Å². The predicted octanol–water partition coefficient (Wildman–Crippen LogP) is 3.29. The summed E-state index contributed by atoms with van der Waals surface area (Å²) in [6.45, 7) is 11.6. The third-order valence-electron chi connectivity index (χ3n) is 4.34. The van der Waals surface area contributed by atoms with Crippen molar-refractivity contribution in [2.75, 3.05) is 39.9 Å². The van der Waals surface area contributed by atoms with Crippen molar-refractivity contribution in [2.24, 2.45) is 11.8 Å². The number of nitrogens with zero attached hydrogens (tertiary/aromatic N) is 1. The second-order valence-corrected chi connectivity index (χ2v) is 7.79. The van der Waals surface area contributed by atoms with Crippen molar-refractivity contribution in [3.05, 3.63) is 0 Å². The summed E-state index contributed by atoms with van der Waals surface area (Å²) < 4.78 is 10.6. The van der Waals surface area contributed by atoms with Crippen LogP contribution in [0.3, 0.4) is 0 Å². The molecule has 0 heterocycles. The lowest BCUT2D eigenvalue weighted by Gasteiger charge is -2.28. The number of ether oxygens (including phenoxy) is 2. The Morgan fingerprint density at radius 3 is 2.39 bits per heavy atom. The highest BCUT2D eigenvalue weighted by atomic mass is 16.6. The number of carbonyl (C=O) groups excluding carboxylic acids is 1. The molecule has 23 heavy (non-hydrogen) atoms. The van der Waals surface area contributed by atoms with Crippen LogP contribution in [0.4, 0.5) is 4.79 Å². The van der Waals surface area contributed by atoms with Crippen LogP contribution in [0.1, 0.15) is 53.4 Å². The number of hydrogen-bond acceptors (Lipinski definition) is 4. The molecule has 0 unspecified atom stereocenters. The molecule has 1 amide bonds. The van der Waals surface area contributed by atoms with Crippen LogP contribution in [0.5, 0.6) is 0 Å². The maximum atomic E-state index is 12.2. The molecular formula is C18H36N2O3. The van der Waals surface area contributed by atoms with Crippen LogP contribution in [0.25, 0.3) is 0 Å². The molecule has 0 bridgehead atoms. The number of rotatable bonds is 8. The highest BCUT2D eigenvalue weighted by molar-refractivity contribution is 5.68. The Morgan fingerprint density at radius 2 is 1.83 bits per heavy atom. The molecule has 1 fully saturated rings. The Balaban J connectivity index is 2.28.